The van der Waals surface area contributed by atoms with Gasteiger partial charge in [-0.15, -0.1) is 0 Å². The van der Waals surface area contributed by atoms with Crippen molar-refractivity contribution >= 4 is 17.3 Å². The van der Waals surface area contributed by atoms with Gasteiger partial charge in [0.15, 0.2) is 0 Å². The Morgan fingerprint density at radius 2 is 1.95 bits per heavy atom. The van der Waals surface area contributed by atoms with Gasteiger partial charge in [0.1, 0.15) is 0 Å². The van der Waals surface area contributed by atoms with Crippen molar-refractivity contribution in [3.63, 3.8) is 0 Å². The molecule has 1 unspecified atom stereocenters. The number of nitrogens with two attached hydrogens (primary N) is 1. The molecule has 0 saturated carbocycles. The first-order chi connectivity index (χ1) is 9.65. The topological polar surface area (TPSA) is 32.5 Å². The summed E-state index contributed by atoms with van der Waals surface area (Å²) in [6.07, 6.45) is 2.11. The molecule has 3 nitrogen and oxygen atoms in total. The number of anilines is 1. The van der Waals surface area contributed by atoms with Crippen molar-refractivity contribution in [2.45, 2.75) is 32.7 Å². The molecule has 0 spiro atoms. The highest BCUT2D eigenvalue weighted by atomic mass is 35.5. The molecule has 1 atom stereocenters. The molecule has 0 bridgehead atoms. The zero-order chi connectivity index (χ0) is 14.5. The third kappa shape index (κ3) is 3.66. The van der Waals surface area contributed by atoms with Gasteiger partial charge in [-0.2, -0.15) is 0 Å². The van der Waals surface area contributed by atoms with Crippen LogP contribution in [0.25, 0.3) is 0 Å². The van der Waals surface area contributed by atoms with E-state index in [1.54, 1.807) is 0 Å². The molecule has 4 heteroatoms. The average molecular weight is 296 g/mol. The lowest BCUT2D eigenvalue weighted by Crippen LogP contribution is -2.49. The average Bonchev–Trinajstić information content (AvgIpc) is 2.47. The van der Waals surface area contributed by atoms with Gasteiger partial charge in [-0.25, -0.2) is 0 Å². The Hall–Kier alpha value is -0.770. The molecule has 2 rings (SSSR count). The van der Waals surface area contributed by atoms with Gasteiger partial charge < -0.3 is 10.6 Å². The van der Waals surface area contributed by atoms with Crippen LogP contribution < -0.4 is 10.6 Å². The second-order valence-corrected chi connectivity index (χ2v) is 6.03. The van der Waals surface area contributed by atoms with Crippen LogP contribution in [0.2, 0.25) is 5.02 Å². The van der Waals surface area contributed by atoms with Crippen molar-refractivity contribution in [2.75, 3.05) is 37.6 Å². The SMILES string of the molecule is CCC(C)N1CCN(c2ccc(Cl)cc2CCN)CC1. The highest BCUT2D eigenvalue weighted by Gasteiger charge is 2.21. The summed E-state index contributed by atoms with van der Waals surface area (Å²) in [4.78, 5) is 5.05. The second-order valence-electron chi connectivity index (χ2n) is 5.59. The van der Waals surface area contributed by atoms with E-state index in [9.17, 15) is 0 Å². The van der Waals surface area contributed by atoms with Crippen LogP contribution in [-0.4, -0.2) is 43.7 Å². The number of hydrogen-bond acceptors (Lipinski definition) is 3. The van der Waals surface area contributed by atoms with Crippen LogP contribution in [0.15, 0.2) is 18.2 Å². The van der Waals surface area contributed by atoms with Crippen LogP contribution in [0.4, 0.5) is 5.69 Å². The molecule has 0 aliphatic carbocycles. The van der Waals surface area contributed by atoms with Crippen LogP contribution in [0.1, 0.15) is 25.8 Å². The quantitative estimate of drug-likeness (QED) is 0.907. The zero-order valence-electron chi connectivity index (χ0n) is 12.6. The molecule has 1 aliphatic rings. The van der Waals surface area contributed by atoms with Crippen LogP contribution >= 0.6 is 11.6 Å². The maximum atomic E-state index is 6.11. The number of piperazine rings is 1. The Morgan fingerprint density at radius 1 is 1.25 bits per heavy atom. The minimum atomic E-state index is 0.667. The molecule has 2 N–H and O–H groups in total. The molecule has 0 amide bonds. The highest BCUT2D eigenvalue weighted by Crippen LogP contribution is 2.26. The predicted molar refractivity (Wildman–Crippen MR) is 87.7 cm³/mol. The first-order valence-corrected chi connectivity index (χ1v) is 8.01. The summed E-state index contributed by atoms with van der Waals surface area (Å²) in [7, 11) is 0. The lowest BCUT2D eigenvalue weighted by atomic mass is 10.1. The maximum Gasteiger partial charge on any atom is 0.0410 e. The summed E-state index contributed by atoms with van der Waals surface area (Å²) in [6, 6.07) is 6.88. The molecule has 1 saturated heterocycles. The fourth-order valence-electron chi connectivity index (χ4n) is 2.88. The molecule has 1 aromatic carbocycles. The molecule has 1 heterocycles. The fraction of sp³-hybridized carbons (Fsp3) is 0.625. The number of halogens is 1. The second kappa shape index (κ2) is 7.30. The van der Waals surface area contributed by atoms with Crippen molar-refractivity contribution in [3.8, 4) is 0 Å². The van der Waals surface area contributed by atoms with E-state index in [1.807, 2.05) is 6.07 Å². The number of rotatable bonds is 5. The Kier molecular flexibility index (Phi) is 5.70. The summed E-state index contributed by atoms with van der Waals surface area (Å²) in [5.41, 5.74) is 8.30. The lowest BCUT2D eigenvalue weighted by Gasteiger charge is -2.39. The molecule has 112 valence electrons. The molecule has 1 aliphatic heterocycles. The first kappa shape index (κ1) is 15.6. The van der Waals surface area contributed by atoms with Gasteiger partial charge in [0.05, 0.1) is 0 Å². The van der Waals surface area contributed by atoms with Gasteiger partial charge in [0, 0.05) is 42.9 Å². The lowest BCUT2D eigenvalue weighted by molar-refractivity contribution is 0.192. The van der Waals surface area contributed by atoms with Crippen LogP contribution in [0.3, 0.4) is 0 Å². The third-order valence-corrected chi connectivity index (χ3v) is 4.56. The molecule has 0 aromatic heterocycles. The molecule has 1 aromatic rings. The van der Waals surface area contributed by atoms with Gasteiger partial charge in [0.25, 0.3) is 0 Å². The van der Waals surface area contributed by atoms with Crippen LogP contribution in [0, 0.1) is 0 Å². The fourth-order valence-corrected chi connectivity index (χ4v) is 3.07. The smallest absolute Gasteiger partial charge is 0.0410 e. The normalized spacial score (nSPS) is 18.3. The van der Waals surface area contributed by atoms with Gasteiger partial charge in [-0.05, 0) is 50.1 Å². The van der Waals surface area contributed by atoms with Crippen LogP contribution in [0.5, 0.6) is 0 Å². The minimum absolute atomic E-state index is 0.667. The van der Waals surface area contributed by atoms with E-state index in [0.29, 0.717) is 12.6 Å². The Morgan fingerprint density at radius 3 is 2.55 bits per heavy atom. The summed E-state index contributed by atoms with van der Waals surface area (Å²) in [5.74, 6) is 0. The Bertz CT molecular complexity index is 428. The molecule has 1 fully saturated rings. The van der Waals surface area contributed by atoms with Gasteiger partial charge >= 0.3 is 0 Å². The van der Waals surface area contributed by atoms with E-state index >= 15 is 0 Å². The predicted octanol–water partition coefficient (Wildman–Crippen LogP) is 2.76. The minimum Gasteiger partial charge on any atom is -0.369 e. The van der Waals surface area contributed by atoms with Crippen molar-refractivity contribution in [1.82, 2.24) is 4.90 Å². The highest BCUT2D eigenvalue weighted by molar-refractivity contribution is 6.30. The zero-order valence-corrected chi connectivity index (χ0v) is 13.4. The van der Waals surface area contributed by atoms with Crippen LogP contribution in [-0.2, 0) is 6.42 Å². The molecular formula is C16H26ClN3. The van der Waals surface area contributed by atoms with Crippen molar-refractivity contribution in [2.24, 2.45) is 5.73 Å². The largest absolute Gasteiger partial charge is 0.369 e. The first-order valence-electron chi connectivity index (χ1n) is 7.63. The summed E-state index contributed by atoms with van der Waals surface area (Å²) in [5, 5.41) is 0.801. The summed E-state index contributed by atoms with van der Waals surface area (Å²) in [6.45, 7) is 9.69. The summed E-state index contributed by atoms with van der Waals surface area (Å²) >= 11 is 6.11. The number of hydrogen-bond donors (Lipinski definition) is 1. The van der Waals surface area contributed by atoms with Gasteiger partial charge in [-0.1, -0.05) is 18.5 Å². The molecule has 0 radical (unpaired) electrons. The van der Waals surface area contributed by atoms with E-state index in [-0.39, 0.29) is 0 Å². The standard InChI is InChI=1S/C16H26ClN3/c1-3-13(2)19-8-10-20(11-9-19)16-5-4-15(17)12-14(16)6-7-18/h4-5,12-13H,3,6-11,18H2,1-2H3. The van der Waals surface area contributed by atoms with E-state index in [2.05, 4.69) is 35.8 Å². The Balaban J connectivity index is 2.06. The third-order valence-electron chi connectivity index (χ3n) is 4.32. The molecular weight excluding hydrogens is 270 g/mol. The summed E-state index contributed by atoms with van der Waals surface area (Å²) < 4.78 is 0. The van der Waals surface area contributed by atoms with E-state index in [1.165, 1.54) is 17.7 Å². The van der Waals surface area contributed by atoms with Gasteiger partial charge in [0.2, 0.25) is 0 Å². The number of nitrogens with zero attached hydrogens (tertiary/aromatic N) is 2. The van der Waals surface area contributed by atoms with Gasteiger partial charge in [-0.3, -0.25) is 4.90 Å². The van der Waals surface area contributed by atoms with Crippen molar-refractivity contribution in [3.05, 3.63) is 28.8 Å². The van der Waals surface area contributed by atoms with E-state index in [0.717, 1.165) is 37.6 Å². The van der Waals surface area contributed by atoms with E-state index < -0.39 is 0 Å². The van der Waals surface area contributed by atoms with Crippen molar-refractivity contribution < 1.29 is 0 Å². The van der Waals surface area contributed by atoms with Crippen molar-refractivity contribution in [1.29, 1.82) is 0 Å². The maximum absolute atomic E-state index is 6.11. The molecule has 20 heavy (non-hydrogen) atoms. The van der Waals surface area contributed by atoms with E-state index in [4.69, 9.17) is 17.3 Å². The Labute approximate surface area is 127 Å². The monoisotopic (exact) mass is 295 g/mol. The number of benzene rings is 1.